The average molecular weight is 223 g/mol. The van der Waals surface area contributed by atoms with Gasteiger partial charge in [0.1, 0.15) is 5.01 Å². The molecule has 0 saturated carbocycles. The standard InChI is InChI=1S/C10H13N3OS/c1-5-4-15-9(11-5)8-6(2)12-10(14)13-7(8)3/h4,6H,1-3H3,(H2,12,13,14). The van der Waals surface area contributed by atoms with Gasteiger partial charge in [-0.05, 0) is 20.8 Å². The number of aryl methyl sites for hydroxylation is 1. The van der Waals surface area contributed by atoms with Gasteiger partial charge in [-0.3, -0.25) is 0 Å². The van der Waals surface area contributed by atoms with Crippen LogP contribution in [0.5, 0.6) is 0 Å². The van der Waals surface area contributed by atoms with Crippen molar-refractivity contribution in [3.63, 3.8) is 0 Å². The van der Waals surface area contributed by atoms with Crippen molar-refractivity contribution in [1.82, 2.24) is 15.6 Å². The first-order chi connectivity index (χ1) is 7.08. The van der Waals surface area contributed by atoms with Crippen LogP contribution < -0.4 is 10.6 Å². The number of amides is 2. The molecule has 0 saturated heterocycles. The van der Waals surface area contributed by atoms with Gasteiger partial charge in [-0.25, -0.2) is 9.78 Å². The van der Waals surface area contributed by atoms with Gasteiger partial charge in [-0.15, -0.1) is 11.3 Å². The van der Waals surface area contributed by atoms with E-state index in [0.717, 1.165) is 22.0 Å². The summed E-state index contributed by atoms with van der Waals surface area (Å²) in [5.41, 5.74) is 2.98. The largest absolute Gasteiger partial charge is 0.331 e. The number of carbonyl (C=O) groups is 1. The van der Waals surface area contributed by atoms with E-state index in [4.69, 9.17) is 0 Å². The Morgan fingerprint density at radius 3 is 2.73 bits per heavy atom. The third-order valence-electron chi connectivity index (χ3n) is 2.34. The highest BCUT2D eigenvalue weighted by atomic mass is 32.1. The van der Waals surface area contributed by atoms with Crippen LogP contribution in [0.1, 0.15) is 24.5 Å². The number of aromatic nitrogens is 1. The molecule has 4 nitrogen and oxygen atoms in total. The smallest absolute Gasteiger partial charge is 0.319 e. The molecule has 80 valence electrons. The molecular weight excluding hydrogens is 210 g/mol. The molecule has 0 aliphatic carbocycles. The number of rotatable bonds is 1. The quantitative estimate of drug-likeness (QED) is 0.763. The third kappa shape index (κ3) is 1.87. The summed E-state index contributed by atoms with van der Waals surface area (Å²) >= 11 is 1.60. The summed E-state index contributed by atoms with van der Waals surface area (Å²) in [5.74, 6) is 0. The van der Waals surface area contributed by atoms with Gasteiger partial charge in [-0.1, -0.05) is 0 Å². The Labute approximate surface area is 92.4 Å². The normalized spacial score (nSPS) is 21.3. The predicted octanol–water partition coefficient (Wildman–Crippen LogP) is 1.88. The van der Waals surface area contributed by atoms with Gasteiger partial charge in [0.2, 0.25) is 0 Å². The Morgan fingerprint density at radius 2 is 2.20 bits per heavy atom. The number of hydrogen-bond donors (Lipinski definition) is 2. The van der Waals surface area contributed by atoms with Crippen LogP contribution in [-0.2, 0) is 0 Å². The second-order valence-corrected chi connectivity index (χ2v) is 4.51. The molecule has 1 unspecified atom stereocenters. The van der Waals surface area contributed by atoms with E-state index in [1.165, 1.54) is 0 Å². The molecule has 0 spiro atoms. The fourth-order valence-corrected chi connectivity index (χ4v) is 2.68. The van der Waals surface area contributed by atoms with Crippen LogP contribution in [-0.4, -0.2) is 17.1 Å². The molecule has 0 aromatic carbocycles. The van der Waals surface area contributed by atoms with E-state index >= 15 is 0 Å². The summed E-state index contributed by atoms with van der Waals surface area (Å²) < 4.78 is 0. The van der Waals surface area contributed by atoms with Crippen molar-refractivity contribution in [2.75, 3.05) is 0 Å². The average Bonchev–Trinajstić information content (AvgIpc) is 2.49. The van der Waals surface area contributed by atoms with Crippen molar-refractivity contribution in [2.45, 2.75) is 26.8 Å². The second-order valence-electron chi connectivity index (χ2n) is 3.65. The van der Waals surface area contributed by atoms with Crippen LogP contribution in [0.4, 0.5) is 4.79 Å². The number of urea groups is 1. The predicted molar refractivity (Wildman–Crippen MR) is 60.6 cm³/mol. The molecule has 2 N–H and O–H groups in total. The van der Waals surface area contributed by atoms with Gasteiger partial charge in [0.25, 0.3) is 0 Å². The monoisotopic (exact) mass is 223 g/mol. The number of allylic oxidation sites excluding steroid dienone is 1. The van der Waals surface area contributed by atoms with Gasteiger partial charge in [0.15, 0.2) is 0 Å². The van der Waals surface area contributed by atoms with Crippen molar-refractivity contribution >= 4 is 22.9 Å². The Kier molecular flexibility index (Phi) is 2.48. The van der Waals surface area contributed by atoms with Gasteiger partial charge < -0.3 is 10.6 Å². The summed E-state index contributed by atoms with van der Waals surface area (Å²) in [4.78, 5) is 15.6. The Hall–Kier alpha value is -1.36. The summed E-state index contributed by atoms with van der Waals surface area (Å²) in [7, 11) is 0. The lowest BCUT2D eigenvalue weighted by atomic mass is 10.1. The molecule has 0 fully saturated rings. The minimum Gasteiger partial charge on any atom is -0.331 e. The van der Waals surface area contributed by atoms with E-state index in [-0.39, 0.29) is 12.1 Å². The molecule has 0 radical (unpaired) electrons. The zero-order chi connectivity index (χ0) is 11.0. The summed E-state index contributed by atoms with van der Waals surface area (Å²) in [6.07, 6.45) is 0. The van der Waals surface area contributed by atoms with Crippen LogP contribution in [0.25, 0.3) is 5.57 Å². The maximum atomic E-state index is 11.2. The van der Waals surface area contributed by atoms with Crippen LogP contribution in [0.15, 0.2) is 11.1 Å². The summed E-state index contributed by atoms with van der Waals surface area (Å²) in [5, 5.41) is 8.58. The highest BCUT2D eigenvalue weighted by molar-refractivity contribution is 7.10. The molecule has 0 bridgehead atoms. The first kappa shape index (κ1) is 10.2. The van der Waals surface area contributed by atoms with Crippen molar-refractivity contribution in [3.05, 3.63) is 21.8 Å². The molecule has 5 heteroatoms. The van der Waals surface area contributed by atoms with E-state index in [0.29, 0.717) is 0 Å². The molecule has 1 aliphatic rings. The zero-order valence-corrected chi connectivity index (χ0v) is 9.73. The molecule has 15 heavy (non-hydrogen) atoms. The third-order valence-corrected chi connectivity index (χ3v) is 3.33. The number of hydrogen-bond acceptors (Lipinski definition) is 3. The SMILES string of the molecule is CC1=C(c2nc(C)cs2)C(C)NC(=O)N1. The molecule has 1 atom stereocenters. The van der Waals surface area contributed by atoms with Gasteiger partial charge in [0, 0.05) is 22.3 Å². The number of carbonyl (C=O) groups excluding carboxylic acids is 1. The van der Waals surface area contributed by atoms with Gasteiger partial charge >= 0.3 is 6.03 Å². The van der Waals surface area contributed by atoms with Crippen molar-refractivity contribution in [2.24, 2.45) is 0 Å². The van der Waals surface area contributed by atoms with Crippen molar-refractivity contribution < 1.29 is 4.79 Å². The van der Waals surface area contributed by atoms with Crippen LogP contribution in [0.2, 0.25) is 0 Å². The lowest BCUT2D eigenvalue weighted by Crippen LogP contribution is -2.45. The Bertz CT molecular complexity index is 436. The molecule has 2 heterocycles. The van der Waals surface area contributed by atoms with Crippen LogP contribution in [0.3, 0.4) is 0 Å². The van der Waals surface area contributed by atoms with E-state index in [1.54, 1.807) is 11.3 Å². The molecule has 1 aromatic rings. The summed E-state index contributed by atoms with van der Waals surface area (Å²) in [6.45, 7) is 5.84. The summed E-state index contributed by atoms with van der Waals surface area (Å²) in [6, 6.07) is -0.124. The maximum absolute atomic E-state index is 11.2. The number of nitrogens with zero attached hydrogens (tertiary/aromatic N) is 1. The number of nitrogens with one attached hydrogen (secondary N) is 2. The highest BCUT2D eigenvalue weighted by Gasteiger charge is 2.24. The topological polar surface area (TPSA) is 54.0 Å². The highest BCUT2D eigenvalue weighted by Crippen LogP contribution is 2.26. The molecule has 2 amide bonds. The molecule has 1 aromatic heterocycles. The van der Waals surface area contributed by atoms with Crippen molar-refractivity contribution in [3.8, 4) is 0 Å². The van der Waals surface area contributed by atoms with E-state index in [9.17, 15) is 4.79 Å². The lowest BCUT2D eigenvalue weighted by Gasteiger charge is -2.24. The van der Waals surface area contributed by atoms with Gasteiger partial charge in [0.05, 0.1) is 6.04 Å². The van der Waals surface area contributed by atoms with Crippen molar-refractivity contribution in [1.29, 1.82) is 0 Å². The number of thiazole rings is 1. The van der Waals surface area contributed by atoms with Crippen LogP contribution in [0, 0.1) is 6.92 Å². The fraction of sp³-hybridized carbons (Fsp3) is 0.400. The minimum absolute atomic E-state index is 0.0179. The Morgan fingerprint density at radius 1 is 1.47 bits per heavy atom. The maximum Gasteiger partial charge on any atom is 0.319 e. The van der Waals surface area contributed by atoms with E-state index in [1.807, 2.05) is 26.2 Å². The molecule has 2 rings (SSSR count). The first-order valence-corrected chi connectivity index (χ1v) is 5.66. The van der Waals surface area contributed by atoms with Crippen LogP contribution >= 0.6 is 11.3 Å². The second kappa shape index (κ2) is 3.66. The first-order valence-electron chi connectivity index (χ1n) is 4.78. The molecule has 1 aliphatic heterocycles. The lowest BCUT2D eigenvalue weighted by molar-refractivity contribution is 0.240. The zero-order valence-electron chi connectivity index (χ0n) is 8.92. The van der Waals surface area contributed by atoms with E-state index in [2.05, 4.69) is 15.6 Å². The van der Waals surface area contributed by atoms with E-state index < -0.39 is 0 Å². The fourth-order valence-electron chi connectivity index (χ4n) is 1.69. The minimum atomic E-state index is -0.142. The Balaban J connectivity index is 2.42. The van der Waals surface area contributed by atoms with Gasteiger partial charge in [-0.2, -0.15) is 0 Å². The molecular formula is C10H13N3OS.